The first-order valence-corrected chi connectivity index (χ1v) is 10.7. The molecule has 2 heterocycles. The first kappa shape index (κ1) is 22.0. The molecular weight excluding hydrogens is 418 g/mol. The lowest BCUT2D eigenvalue weighted by Gasteiger charge is -2.08. The van der Waals surface area contributed by atoms with E-state index in [1.54, 1.807) is 24.7 Å². The average Bonchev–Trinajstić information content (AvgIpc) is 3.04. The summed E-state index contributed by atoms with van der Waals surface area (Å²) >= 11 is 0. The van der Waals surface area contributed by atoms with Crippen molar-refractivity contribution in [1.82, 2.24) is 19.1 Å². The van der Waals surface area contributed by atoms with Crippen molar-refractivity contribution in [3.8, 4) is 16.9 Å². The standard InChI is InChI=1S/C25H25N5O3/c1-4-18-10-12-19(13-11-18)21-14-15-23(32)29(27-21)16-22(31)26-24-17(2)28(3)30(25(24)33)20-8-6-5-7-9-20/h5-15H,4,16H2,1-3H3,(H,26,31). The van der Waals surface area contributed by atoms with Gasteiger partial charge in [-0.2, -0.15) is 5.10 Å². The summed E-state index contributed by atoms with van der Waals surface area (Å²) < 4.78 is 4.26. The van der Waals surface area contributed by atoms with E-state index in [1.165, 1.54) is 16.3 Å². The molecule has 8 nitrogen and oxygen atoms in total. The largest absolute Gasteiger partial charge is 0.318 e. The summed E-state index contributed by atoms with van der Waals surface area (Å²) in [6, 6.07) is 20.1. The van der Waals surface area contributed by atoms with E-state index >= 15 is 0 Å². The number of rotatable bonds is 6. The van der Waals surface area contributed by atoms with Crippen LogP contribution in [0.1, 0.15) is 18.2 Å². The van der Waals surface area contributed by atoms with Crippen molar-refractivity contribution >= 4 is 11.6 Å². The molecule has 0 aliphatic heterocycles. The second kappa shape index (κ2) is 9.12. The third kappa shape index (κ3) is 4.41. The molecule has 0 aliphatic carbocycles. The average molecular weight is 444 g/mol. The normalized spacial score (nSPS) is 10.9. The minimum absolute atomic E-state index is 0.172. The maximum Gasteiger partial charge on any atom is 0.295 e. The highest BCUT2D eigenvalue weighted by Crippen LogP contribution is 2.17. The zero-order valence-electron chi connectivity index (χ0n) is 18.8. The van der Waals surface area contributed by atoms with Crippen LogP contribution >= 0.6 is 0 Å². The Morgan fingerprint density at radius 1 is 0.970 bits per heavy atom. The number of amides is 1. The van der Waals surface area contributed by atoms with Crippen LogP contribution in [0.15, 0.2) is 76.3 Å². The molecule has 1 amide bonds. The number of hydrogen-bond donors (Lipinski definition) is 1. The Bertz CT molecular complexity index is 1410. The molecule has 4 rings (SSSR count). The zero-order valence-corrected chi connectivity index (χ0v) is 18.8. The molecule has 0 spiro atoms. The molecule has 0 bridgehead atoms. The van der Waals surface area contributed by atoms with E-state index in [2.05, 4.69) is 17.3 Å². The van der Waals surface area contributed by atoms with Gasteiger partial charge in [-0.1, -0.05) is 49.4 Å². The van der Waals surface area contributed by atoms with Crippen molar-refractivity contribution in [2.75, 3.05) is 5.32 Å². The van der Waals surface area contributed by atoms with Gasteiger partial charge in [0.15, 0.2) is 0 Å². The van der Waals surface area contributed by atoms with Crippen LogP contribution < -0.4 is 16.4 Å². The van der Waals surface area contributed by atoms with Gasteiger partial charge in [0.25, 0.3) is 11.1 Å². The van der Waals surface area contributed by atoms with E-state index < -0.39 is 11.5 Å². The van der Waals surface area contributed by atoms with Gasteiger partial charge >= 0.3 is 0 Å². The molecule has 8 heteroatoms. The lowest BCUT2D eigenvalue weighted by molar-refractivity contribution is -0.117. The smallest absolute Gasteiger partial charge is 0.295 e. The predicted octanol–water partition coefficient (Wildman–Crippen LogP) is 2.91. The molecule has 0 fully saturated rings. The number of carbonyl (C=O) groups excluding carboxylic acids is 1. The summed E-state index contributed by atoms with van der Waals surface area (Å²) in [5.74, 6) is -0.505. The maximum atomic E-state index is 13.0. The van der Waals surface area contributed by atoms with Gasteiger partial charge < -0.3 is 5.32 Å². The summed E-state index contributed by atoms with van der Waals surface area (Å²) in [4.78, 5) is 38.1. The minimum atomic E-state index is -0.505. The number of para-hydroxylation sites is 1. The number of nitrogens with one attached hydrogen (secondary N) is 1. The Morgan fingerprint density at radius 2 is 1.67 bits per heavy atom. The topological polar surface area (TPSA) is 90.9 Å². The quantitative estimate of drug-likeness (QED) is 0.496. The van der Waals surface area contributed by atoms with Gasteiger partial charge in [-0.05, 0) is 37.1 Å². The first-order valence-electron chi connectivity index (χ1n) is 10.7. The van der Waals surface area contributed by atoms with Gasteiger partial charge in [0.2, 0.25) is 5.91 Å². The molecular formula is C25H25N5O3. The third-order valence-corrected chi connectivity index (χ3v) is 5.64. The molecule has 4 aromatic rings. The molecule has 0 saturated heterocycles. The van der Waals surface area contributed by atoms with Crippen LogP contribution in [0.25, 0.3) is 16.9 Å². The molecule has 0 atom stereocenters. The van der Waals surface area contributed by atoms with Crippen LogP contribution in [-0.2, 0) is 24.8 Å². The molecule has 0 saturated carbocycles. The number of benzene rings is 2. The number of hydrogen-bond acceptors (Lipinski definition) is 4. The lowest BCUT2D eigenvalue weighted by atomic mass is 10.1. The van der Waals surface area contributed by atoms with E-state index in [0.717, 1.165) is 16.7 Å². The molecule has 0 radical (unpaired) electrons. The Balaban J connectivity index is 1.59. The van der Waals surface area contributed by atoms with E-state index in [4.69, 9.17) is 0 Å². The number of aromatic nitrogens is 4. The van der Waals surface area contributed by atoms with Gasteiger partial charge in [0.1, 0.15) is 12.2 Å². The van der Waals surface area contributed by atoms with Gasteiger partial charge in [-0.15, -0.1) is 0 Å². The SMILES string of the molecule is CCc1ccc(-c2ccc(=O)n(CC(=O)Nc3c(C)n(C)n(-c4ccccc4)c3=O)n2)cc1. The van der Waals surface area contributed by atoms with Crippen molar-refractivity contribution in [1.29, 1.82) is 0 Å². The molecule has 0 unspecified atom stereocenters. The zero-order chi connectivity index (χ0) is 23.5. The highest BCUT2D eigenvalue weighted by molar-refractivity contribution is 5.91. The Kier molecular flexibility index (Phi) is 6.08. The van der Waals surface area contributed by atoms with Gasteiger partial charge in [0.05, 0.1) is 17.1 Å². The van der Waals surface area contributed by atoms with Crippen molar-refractivity contribution in [2.24, 2.45) is 7.05 Å². The van der Waals surface area contributed by atoms with E-state index in [0.29, 0.717) is 17.1 Å². The molecule has 168 valence electrons. The molecule has 2 aromatic heterocycles. The highest BCUT2D eigenvalue weighted by atomic mass is 16.2. The summed E-state index contributed by atoms with van der Waals surface area (Å²) in [5.41, 5.74) is 3.36. The molecule has 0 aliphatic rings. The minimum Gasteiger partial charge on any atom is -0.318 e. The van der Waals surface area contributed by atoms with Crippen molar-refractivity contribution in [2.45, 2.75) is 26.8 Å². The van der Waals surface area contributed by atoms with E-state index in [-0.39, 0.29) is 17.8 Å². The Labute approximate surface area is 190 Å². The fourth-order valence-electron chi connectivity index (χ4n) is 3.65. The highest BCUT2D eigenvalue weighted by Gasteiger charge is 2.18. The number of carbonyl (C=O) groups is 1. The van der Waals surface area contributed by atoms with Crippen molar-refractivity contribution in [3.63, 3.8) is 0 Å². The summed E-state index contributed by atoms with van der Waals surface area (Å²) in [6.45, 7) is 3.52. The van der Waals surface area contributed by atoms with Gasteiger partial charge in [0, 0.05) is 18.7 Å². The predicted molar refractivity (Wildman–Crippen MR) is 128 cm³/mol. The van der Waals surface area contributed by atoms with Crippen LogP contribution in [0.2, 0.25) is 0 Å². The van der Waals surface area contributed by atoms with Crippen LogP contribution in [0.3, 0.4) is 0 Å². The number of nitrogens with zero attached hydrogens (tertiary/aromatic N) is 4. The molecule has 1 N–H and O–H groups in total. The second-order valence-corrected chi connectivity index (χ2v) is 7.75. The second-order valence-electron chi connectivity index (χ2n) is 7.75. The van der Waals surface area contributed by atoms with Crippen LogP contribution in [0, 0.1) is 6.92 Å². The Hall–Kier alpha value is -4.20. The third-order valence-electron chi connectivity index (χ3n) is 5.64. The molecule has 33 heavy (non-hydrogen) atoms. The number of aryl methyl sites for hydroxylation is 1. The van der Waals surface area contributed by atoms with Gasteiger partial charge in [-0.25, -0.2) is 9.36 Å². The van der Waals surface area contributed by atoms with E-state index in [9.17, 15) is 14.4 Å². The lowest BCUT2D eigenvalue weighted by Crippen LogP contribution is -2.30. The summed E-state index contributed by atoms with van der Waals surface area (Å²) in [5, 5.41) is 7.02. The molecule has 2 aromatic carbocycles. The fourth-order valence-corrected chi connectivity index (χ4v) is 3.65. The van der Waals surface area contributed by atoms with Crippen LogP contribution in [0.4, 0.5) is 5.69 Å². The summed E-state index contributed by atoms with van der Waals surface area (Å²) in [7, 11) is 1.75. The first-order chi connectivity index (χ1) is 15.9. The monoisotopic (exact) mass is 443 g/mol. The fraction of sp³-hybridized carbons (Fsp3) is 0.200. The van der Waals surface area contributed by atoms with Gasteiger partial charge in [-0.3, -0.25) is 19.1 Å². The number of anilines is 1. The van der Waals surface area contributed by atoms with Crippen LogP contribution in [-0.4, -0.2) is 25.1 Å². The van der Waals surface area contributed by atoms with Crippen molar-refractivity contribution in [3.05, 3.63) is 98.7 Å². The summed E-state index contributed by atoms with van der Waals surface area (Å²) in [6.07, 6.45) is 0.929. The van der Waals surface area contributed by atoms with Crippen molar-refractivity contribution < 1.29 is 4.79 Å². The Morgan fingerprint density at radius 3 is 2.33 bits per heavy atom. The van der Waals surface area contributed by atoms with Crippen LogP contribution in [0.5, 0.6) is 0 Å². The van der Waals surface area contributed by atoms with E-state index in [1.807, 2.05) is 54.6 Å². The maximum absolute atomic E-state index is 13.0.